The summed E-state index contributed by atoms with van der Waals surface area (Å²) in [6, 6.07) is 12.4. The smallest absolute Gasteiger partial charge is 0.329 e. The van der Waals surface area contributed by atoms with Crippen LogP contribution in [0.3, 0.4) is 0 Å². The topological polar surface area (TPSA) is 79.7 Å². The predicted molar refractivity (Wildman–Crippen MR) is 87.1 cm³/mol. The summed E-state index contributed by atoms with van der Waals surface area (Å²) in [5.74, 6) is -0.254. The van der Waals surface area contributed by atoms with Gasteiger partial charge >= 0.3 is 5.97 Å². The highest BCUT2D eigenvalue weighted by atomic mass is 16.5. The summed E-state index contributed by atoms with van der Waals surface area (Å²) < 4.78 is 5.70. The molecule has 0 radical (unpaired) electrons. The number of carboxylic acids is 1. The van der Waals surface area contributed by atoms with E-state index >= 15 is 0 Å². The van der Waals surface area contributed by atoms with Crippen molar-refractivity contribution in [1.29, 1.82) is 0 Å². The Morgan fingerprint density at radius 3 is 2.67 bits per heavy atom. The van der Waals surface area contributed by atoms with E-state index in [0.717, 1.165) is 0 Å². The summed E-state index contributed by atoms with van der Waals surface area (Å²) in [6.07, 6.45) is 2.59. The second-order valence-electron chi connectivity index (χ2n) is 5.93. The van der Waals surface area contributed by atoms with E-state index in [-0.39, 0.29) is 5.69 Å². The number of aromatic nitrogens is 1. The first-order valence-corrected chi connectivity index (χ1v) is 7.75. The number of rotatable bonds is 4. The first-order valence-electron chi connectivity index (χ1n) is 7.75. The van der Waals surface area contributed by atoms with Crippen LogP contribution in [0.4, 0.5) is 0 Å². The third-order valence-electron chi connectivity index (χ3n) is 4.28. The molecular weight excluding hydrogens is 308 g/mol. The average Bonchev–Trinajstić information content (AvgIpc) is 2.99. The van der Waals surface area contributed by atoms with Crippen LogP contribution < -0.4 is 4.74 Å². The monoisotopic (exact) mass is 326 g/mol. The summed E-state index contributed by atoms with van der Waals surface area (Å²) in [5, 5.41) is 9.45. The lowest BCUT2D eigenvalue weighted by molar-refractivity contribution is -0.147. The Kier molecular flexibility index (Phi) is 4.20. The van der Waals surface area contributed by atoms with Gasteiger partial charge in [0, 0.05) is 18.8 Å². The van der Waals surface area contributed by atoms with Crippen molar-refractivity contribution in [2.24, 2.45) is 0 Å². The molecular formula is C18H18N2O4. The Balaban J connectivity index is 1.83. The molecule has 1 aromatic heterocycles. The zero-order valence-electron chi connectivity index (χ0n) is 13.3. The van der Waals surface area contributed by atoms with Crippen molar-refractivity contribution in [3.05, 3.63) is 54.4 Å². The number of benzene rings is 1. The van der Waals surface area contributed by atoms with Crippen molar-refractivity contribution < 1.29 is 19.4 Å². The van der Waals surface area contributed by atoms with Gasteiger partial charge in [-0.2, -0.15) is 0 Å². The molecule has 1 saturated heterocycles. The molecule has 2 heterocycles. The van der Waals surface area contributed by atoms with Gasteiger partial charge in [-0.25, -0.2) is 4.79 Å². The standard InChI is InChI=1S/C18H18N2O4/c1-18(17(22)23)9-5-11-20(18)16(21)15-12-14(8-10-19-15)24-13-6-3-2-4-7-13/h2-4,6-8,10,12H,5,9,11H2,1H3,(H,22,23). The van der Waals surface area contributed by atoms with Gasteiger partial charge < -0.3 is 14.7 Å². The van der Waals surface area contributed by atoms with E-state index in [1.165, 1.54) is 17.2 Å². The highest BCUT2D eigenvalue weighted by molar-refractivity contribution is 5.97. The van der Waals surface area contributed by atoms with Crippen LogP contribution in [0.5, 0.6) is 11.5 Å². The number of ether oxygens (including phenoxy) is 1. The second kappa shape index (κ2) is 6.31. The molecule has 124 valence electrons. The van der Waals surface area contributed by atoms with Crippen molar-refractivity contribution in [3.63, 3.8) is 0 Å². The minimum absolute atomic E-state index is 0.179. The van der Waals surface area contributed by atoms with E-state index in [1.807, 2.05) is 30.3 Å². The van der Waals surface area contributed by atoms with Crippen LogP contribution in [-0.2, 0) is 4.79 Å². The minimum Gasteiger partial charge on any atom is -0.480 e. The van der Waals surface area contributed by atoms with Crippen LogP contribution >= 0.6 is 0 Å². The minimum atomic E-state index is -1.19. The Morgan fingerprint density at radius 2 is 1.96 bits per heavy atom. The van der Waals surface area contributed by atoms with Gasteiger partial charge in [0.25, 0.3) is 5.91 Å². The third-order valence-corrected chi connectivity index (χ3v) is 4.28. The normalized spacial score (nSPS) is 20.0. The lowest BCUT2D eigenvalue weighted by Crippen LogP contribution is -2.50. The maximum absolute atomic E-state index is 12.7. The molecule has 1 aromatic carbocycles. The SMILES string of the molecule is CC1(C(=O)O)CCCN1C(=O)c1cc(Oc2ccccc2)ccn1. The van der Waals surface area contributed by atoms with Gasteiger partial charge in [-0.05, 0) is 38.0 Å². The number of hydrogen-bond donors (Lipinski definition) is 1. The lowest BCUT2D eigenvalue weighted by Gasteiger charge is -2.30. The summed E-state index contributed by atoms with van der Waals surface area (Å²) in [7, 11) is 0. The molecule has 0 aliphatic carbocycles. The Labute approximate surface area is 139 Å². The Morgan fingerprint density at radius 1 is 1.21 bits per heavy atom. The number of pyridine rings is 1. The lowest BCUT2D eigenvalue weighted by atomic mass is 9.99. The quantitative estimate of drug-likeness (QED) is 0.934. The molecule has 0 saturated carbocycles. The van der Waals surface area contributed by atoms with Crippen LogP contribution in [0.15, 0.2) is 48.7 Å². The highest BCUT2D eigenvalue weighted by Crippen LogP contribution is 2.31. The van der Waals surface area contributed by atoms with Crippen LogP contribution in [-0.4, -0.2) is 39.0 Å². The fourth-order valence-corrected chi connectivity index (χ4v) is 2.87. The molecule has 1 atom stereocenters. The zero-order chi connectivity index (χ0) is 17.2. The van der Waals surface area contributed by atoms with Gasteiger partial charge in [0.15, 0.2) is 0 Å². The fraction of sp³-hybridized carbons (Fsp3) is 0.278. The first-order chi connectivity index (χ1) is 11.5. The van der Waals surface area contributed by atoms with Gasteiger partial charge in [-0.15, -0.1) is 0 Å². The average molecular weight is 326 g/mol. The van der Waals surface area contributed by atoms with Gasteiger partial charge in [-0.3, -0.25) is 9.78 Å². The van der Waals surface area contributed by atoms with Crippen LogP contribution in [0.1, 0.15) is 30.3 Å². The molecule has 1 fully saturated rings. The summed E-state index contributed by atoms with van der Waals surface area (Å²) >= 11 is 0. The molecule has 6 nitrogen and oxygen atoms in total. The van der Waals surface area contributed by atoms with E-state index < -0.39 is 17.4 Å². The van der Waals surface area contributed by atoms with Crippen molar-refractivity contribution in [3.8, 4) is 11.5 Å². The van der Waals surface area contributed by atoms with E-state index in [1.54, 1.807) is 13.0 Å². The number of aliphatic carboxylic acids is 1. The Hall–Kier alpha value is -2.89. The molecule has 0 spiro atoms. The first kappa shape index (κ1) is 16.0. The maximum Gasteiger partial charge on any atom is 0.329 e. The number of likely N-dealkylation sites (tertiary alicyclic amines) is 1. The summed E-state index contributed by atoms with van der Waals surface area (Å²) in [6.45, 7) is 1.98. The van der Waals surface area contributed by atoms with Gasteiger partial charge in [0.2, 0.25) is 0 Å². The van der Waals surface area contributed by atoms with Gasteiger partial charge in [-0.1, -0.05) is 18.2 Å². The number of carboxylic acid groups (broad SMARTS) is 1. The molecule has 3 rings (SSSR count). The predicted octanol–water partition coefficient (Wildman–Crippen LogP) is 2.95. The zero-order valence-corrected chi connectivity index (χ0v) is 13.3. The van der Waals surface area contributed by atoms with Crippen molar-refractivity contribution in [2.75, 3.05) is 6.54 Å². The number of carbonyl (C=O) groups is 2. The highest BCUT2D eigenvalue weighted by Gasteiger charge is 2.46. The van der Waals surface area contributed by atoms with E-state index in [4.69, 9.17) is 4.74 Å². The Bertz CT molecular complexity index is 763. The molecule has 2 aromatic rings. The van der Waals surface area contributed by atoms with Crippen LogP contribution in [0.2, 0.25) is 0 Å². The summed E-state index contributed by atoms with van der Waals surface area (Å²) in [4.78, 5) is 29.7. The molecule has 1 amide bonds. The maximum atomic E-state index is 12.7. The molecule has 24 heavy (non-hydrogen) atoms. The van der Waals surface area contributed by atoms with Gasteiger partial charge in [0.05, 0.1) is 0 Å². The second-order valence-corrected chi connectivity index (χ2v) is 5.93. The van der Waals surface area contributed by atoms with Crippen molar-refractivity contribution >= 4 is 11.9 Å². The number of carbonyl (C=O) groups excluding carboxylic acids is 1. The third kappa shape index (κ3) is 2.95. The molecule has 1 aliphatic rings. The van der Waals surface area contributed by atoms with E-state index in [2.05, 4.69) is 4.98 Å². The van der Waals surface area contributed by atoms with E-state index in [0.29, 0.717) is 30.9 Å². The molecule has 1 N–H and O–H groups in total. The van der Waals surface area contributed by atoms with Gasteiger partial charge in [0.1, 0.15) is 22.7 Å². The number of para-hydroxylation sites is 1. The molecule has 1 unspecified atom stereocenters. The van der Waals surface area contributed by atoms with Crippen LogP contribution in [0.25, 0.3) is 0 Å². The van der Waals surface area contributed by atoms with Crippen molar-refractivity contribution in [1.82, 2.24) is 9.88 Å². The van der Waals surface area contributed by atoms with E-state index in [9.17, 15) is 14.7 Å². The fourth-order valence-electron chi connectivity index (χ4n) is 2.87. The summed E-state index contributed by atoms with van der Waals surface area (Å²) in [5.41, 5.74) is -1.01. The number of nitrogens with zero attached hydrogens (tertiary/aromatic N) is 2. The molecule has 0 bridgehead atoms. The number of amides is 1. The molecule has 1 aliphatic heterocycles. The molecule has 6 heteroatoms. The van der Waals surface area contributed by atoms with Crippen LogP contribution in [0, 0.1) is 0 Å². The number of hydrogen-bond acceptors (Lipinski definition) is 4. The van der Waals surface area contributed by atoms with Crippen molar-refractivity contribution in [2.45, 2.75) is 25.3 Å². The largest absolute Gasteiger partial charge is 0.480 e.